The number of anilines is 2. The Morgan fingerprint density at radius 2 is 1.27 bits per heavy atom. The molecule has 3 amide bonds. The van der Waals surface area contributed by atoms with Crippen LogP contribution >= 0.6 is 0 Å². The van der Waals surface area contributed by atoms with Gasteiger partial charge in [-0.1, -0.05) is 6.92 Å². The van der Waals surface area contributed by atoms with Crippen molar-refractivity contribution in [1.29, 1.82) is 0 Å². The average Bonchev–Trinajstić information content (AvgIpc) is 2.72. The van der Waals surface area contributed by atoms with Crippen LogP contribution in [0.15, 0.2) is 48.5 Å². The van der Waals surface area contributed by atoms with E-state index < -0.39 is 0 Å². The lowest BCUT2D eigenvalue weighted by Gasteiger charge is -2.12. The lowest BCUT2D eigenvalue weighted by molar-refractivity contribution is -0.114. The summed E-state index contributed by atoms with van der Waals surface area (Å²) in [5.41, 5.74) is 2.47. The molecule has 7 nitrogen and oxygen atoms in total. The van der Waals surface area contributed by atoms with E-state index >= 15 is 0 Å². The molecular formula is C23H30N4O3. The van der Waals surface area contributed by atoms with Gasteiger partial charge in [-0.25, -0.2) is 0 Å². The third-order valence-corrected chi connectivity index (χ3v) is 4.44. The molecule has 0 aromatic heterocycles. The molecule has 2 rings (SSSR count). The van der Waals surface area contributed by atoms with Gasteiger partial charge in [0.15, 0.2) is 0 Å². The lowest BCUT2D eigenvalue weighted by atomic mass is 10.1. The fourth-order valence-corrected chi connectivity index (χ4v) is 2.59. The molecule has 2 aromatic rings. The molecule has 0 radical (unpaired) electrons. The van der Waals surface area contributed by atoms with Gasteiger partial charge in [-0.2, -0.15) is 0 Å². The Kier molecular flexibility index (Phi) is 8.41. The van der Waals surface area contributed by atoms with Gasteiger partial charge in [0, 0.05) is 34.6 Å². The zero-order valence-electron chi connectivity index (χ0n) is 17.9. The Labute approximate surface area is 177 Å². The number of amides is 3. The Balaban J connectivity index is 1.83. The fraction of sp³-hybridized carbons (Fsp3) is 0.348. The second kappa shape index (κ2) is 11.0. The van der Waals surface area contributed by atoms with E-state index in [-0.39, 0.29) is 36.3 Å². The molecule has 0 aliphatic carbocycles. The van der Waals surface area contributed by atoms with Crippen molar-refractivity contribution < 1.29 is 14.4 Å². The summed E-state index contributed by atoms with van der Waals surface area (Å²) in [4.78, 5) is 36.2. The summed E-state index contributed by atoms with van der Waals surface area (Å²) in [5.74, 6) is -0.474. The van der Waals surface area contributed by atoms with Gasteiger partial charge in [-0.3, -0.25) is 14.4 Å². The molecule has 0 aliphatic heterocycles. The van der Waals surface area contributed by atoms with E-state index in [1.54, 1.807) is 48.5 Å². The summed E-state index contributed by atoms with van der Waals surface area (Å²) < 4.78 is 0. The standard InChI is InChI=1S/C23H30N4O3/c1-5-16(4)26-23(30)18-8-12-20(13-9-18)27-21(28)14-24-19-10-6-17(7-11-19)22(29)25-15(2)3/h6-13,15-16,24H,5,14H2,1-4H3,(H,25,29)(H,26,30)(H,27,28). The van der Waals surface area contributed by atoms with Crippen LogP contribution in [0.25, 0.3) is 0 Å². The summed E-state index contributed by atoms with van der Waals surface area (Å²) in [7, 11) is 0. The Morgan fingerprint density at radius 3 is 1.77 bits per heavy atom. The van der Waals surface area contributed by atoms with Gasteiger partial charge in [-0.05, 0) is 75.7 Å². The largest absolute Gasteiger partial charge is 0.376 e. The number of hydrogen-bond acceptors (Lipinski definition) is 4. The number of hydrogen-bond donors (Lipinski definition) is 4. The Hall–Kier alpha value is -3.35. The first-order valence-corrected chi connectivity index (χ1v) is 10.1. The monoisotopic (exact) mass is 410 g/mol. The molecular weight excluding hydrogens is 380 g/mol. The number of nitrogens with one attached hydrogen (secondary N) is 4. The molecule has 0 saturated carbocycles. The van der Waals surface area contributed by atoms with Gasteiger partial charge in [0.05, 0.1) is 6.54 Å². The maximum atomic E-state index is 12.2. The number of rotatable bonds is 9. The minimum atomic E-state index is -0.214. The minimum absolute atomic E-state index is 0.0716. The Morgan fingerprint density at radius 1 is 0.767 bits per heavy atom. The molecule has 0 saturated heterocycles. The van der Waals surface area contributed by atoms with Crippen LogP contribution in [0.4, 0.5) is 11.4 Å². The van der Waals surface area contributed by atoms with Crippen LogP contribution < -0.4 is 21.3 Å². The smallest absolute Gasteiger partial charge is 0.251 e. The summed E-state index contributed by atoms with van der Waals surface area (Å²) in [6.45, 7) is 7.85. The highest BCUT2D eigenvalue weighted by Gasteiger charge is 2.10. The topological polar surface area (TPSA) is 99.3 Å². The van der Waals surface area contributed by atoms with Crippen molar-refractivity contribution >= 4 is 29.1 Å². The van der Waals surface area contributed by atoms with Crippen molar-refractivity contribution in [1.82, 2.24) is 10.6 Å². The predicted octanol–water partition coefficient (Wildman–Crippen LogP) is 3.40. The van der Waals surface area contributed by atoms with Crippen molar-refractivity contribution in [3.63, 3.8) is 0 Å². The van der Waals surface area contributed by atoms with Crippen LogP contribution in [-0.4, -0.2) is 36.3 Å². The zero-order valence-corrected chi connectivity index (χ0v) is 17.9. The highest BCUT2D eigenvalue weighted by Crippen LogP contribution is 2.12. The van der Waals surface area contributed by atoms with Crippen molar-refractivity contribution in [2.24, 2.45) is 0 Å². The molecule has 30 heavy (non-hydrogen) atoms. The third kappa shape index (κ3) is 7.24. The van der Waals surface area contributed by atoms with E-state index in [9.17, 15) is 14.4 Å². The third-order valence-electron chi connectivity index (χ3n) is 4.44. The molecule has 1 unspecified atom stereocenters. The lowest BCUT2D eigenvalue weighted by Crippen LogP contribution is -2.31. The predicted molar refractivity (Wildman–Crippen MR) is 120 cm³/mol. The zero-order chi connectivity index (χ0) is 22.1. The minimum Gasteiger partial charge on any atom is -0.376 e. The normalized spacial score (nSPS) is 11.5. The van der Waals surface area contributed by atoms with E-state index in [4.69, 9.17) is 0 Å². The fourth-order valence-electron chi connectivity index (χ4n) is 2.59. The second-order valence-electron chi connectivity index (χ2n) is 7.47. The van der Waals surface area contributed by atoms with E-state index in [1.807, 2.05) is 27.7 Å². The molecule has 0 spiro atoms. The van der Waals surface area contributed by atoms with Crippen LogP contribution in [-0.2, 0) is 4.79 Å². The van der Waals surface area contributed by atoms with Crippen LogP contribution in [0.3, 0.4) is 0 Å². The SMILES string of the molecule is CCC(C)NC(=O)c1ccc(NC(=O)CNc2ccc(C(=O)NC(C)C)cc2)cc1. The van der Waals surface area contributed by atoms with E-state index in [0.29, 0.717) is 16.8 Å². The first-order chi connectivity index (χ1) is 14.3. The maximum Gasteiger partial charge on any atom is 0.251 e. The van der Waals surface area contributed by atoms with Crippen LogP contribution in [0, 0.1) is 0 Å². The van der Waals surface area contributed by atoms with Crippen LogP contribution in [0.5, 0.6) is 0 Å². The number of carbonyl (C=O) groups is 3. The average molecular weight is 411 g/mol. The van der Waals surface area contributed by atoms with Gasteiger partial charge in [0.25, 0.3) is 11.8 Å². The molecule has 0 fully saturated rings. The molecule has 0 heterocycles. The first kappa shape index (κ1) is 22.9. The number of carbonyl (C=O) groups excluding carboxylic acids is 3. The molecule has 160 valence electrons. The van der Waals surface area contributed by atoms with Gasteiger partial charge in [-0.15, -0.1) is 0 Å². The van der Waals surface area contributed by atoms with Crippen molar-refractivity contribution in [3.8, 4) is 0 Å². The van der Waals surface area contributed by atoms with Crippen molar-refractivity contribution in [2.45, 2.75) is 46.2 Å². The van der Waals surface area contributed by atoms with Crippen LogP contribution in [0.1, 0.15) is 54.8 Å². The molecule has 0 aliphatic rings. The van der Waals surface area contributed by atoms with Gasteiger partial charge in [0.2, 0.25) is 5.91 Å². The molecule has 4 N–H and O–H groups in total. The van der Waals surface area contributed by atoms with E-state index in [0.717, 1.165) is 12.1 Å². The van der Waals surface area contributed by atoms with Crippen molar-refractivity contribution in [3.05, 3.63) is 59.7 Å². The molecule has 2 aromatic carbocycles. The summed E-state index contributed by atoms with van der Waals surface area (Å²) >= 11 is 0. The summed E-state index contributed by atoms with van der Waals surface area (Å²) in [6, 6.07) is 13.9. The van der Waals surface area contributed by atoms with Crippen LogP contribution in [0.2, 0.25) is 0 Å². The van der Waals surface area contributed by atoms with Gasteiger partial charge in [0.1, 0.15) is 0 Å². The van der Waals surface area contributed by atoms with E-state index in [2.05, 4.69) is 21.3 Å². The second-order valence-corrected chi connectivity index (χ2v) is 7.47. The highest BCUT2D eigenvalue weighted by molar-refractivity contribution is 5.97. The van der Waals surface area contributed by atoms with Crippen molar-refractivity contribution in [2.75, 3.05) is 17.2 Å². The summed E-state index contributed by atoms with van der Waals surface area (Å²) in [5, 5.41) is 11.5. The Bertz CT molecular complexity index is 861. The van der Waals surface area contributed by atoms with E-state index in [1.165, 1.54) is 0 Å². The quantitative estimate of drug-likeness (QED) is 0.509. The molecule has 1 atom stereocenters. The maximum absolute atomic E-state index is 12.2. The highest BCUT2D eigenvalue weighted by atomic mass is 16.2. The first-order valence-electron chi connectivity index (χ1n) is 10.1. The van der Waals surface area contributed by atoms with Gasteiger partial charge < -0.3 is 21.3 Å². The molecule has 0 bridgehead atoms. The van der Waals surface area contributed by atoms with Gasteiger partial charge >= 0.3 is 0 Å². The molecule has 7 heteroatoms. The summed E-state index contributed by atoms with van der Waals surface area (Å²) in [6.07, 6.45) is 0.862. The number of benzene rings is 2.